The first kappa shape index (κ1) is 10.1. The molecule has 0 saturated heterocycles. The lowest BCUT2D eigenvalue weighted by molar-refractivity contribution is 0.0698. The van der Waals surface area contributed by atoms with E-state index >= 15 is 0 Å². The zero-order chi connectivity index (χ0) is 12.2. The van der Waals surface area contributed by atoms with E-state index in [1.807, 2.05) is 0 Å². The Kier molecular flexibility index (Phi) is 1.91. The largest absolute Gasteiger partial charge is 0.478 e. The van der Waals surface area contributed by atoms with Crippen molar-refractivity contribution >= 4 is 23.5 Å². The topological polar surface area (TPSA) is 59.3 Å². The molecule has 0 unspecified atom stereocenters. The Morgan fingerprint density at radius 2 is 1.88 bits per heavy atom. The number of carboxylic acid groups (broad SMARTS) is 1. The highest BCUT2D eigenvalue weighted by molar-refractivity contribution is 6.35. The van der Waals surface area contributed by atoms with Crippen LogP contribution in [0.5, 0.6) is 0 Å². The van der Waals surface area contributed by atoms with Crippen LogP contribution in [0.1, 0.15) is 20.7 Å². The van der Waals surface area contributed by atoms with E-state index in [-0.39, 0.29) is 16.5 Å². The second-order valence-corrected chi connectivity index (χ2v) is 4.13. The predicted molar refractivity (Wildman–Crippen MR) is 61.6 cm³/mol. The van der Waals surface area contributed by atoms with Crippen LogP contribution in [0.15, 0.2) is 30.5 Å². The standard InChI is InChI=1S/C12H6ClNO3/c13-8-5-14-10(9(8)12(16)17)6-3-1-2-4-7(6)11(14)15/h1-5H,(H,16,17). The van der Waals surface area contributed by atoms with E-state index in [9.17, 15) is 9.59 Å². The van der Waals surface area contributed by atoms with Crippen LogP contribution in [0.2, 0.25) is 5.02 Å². The van der Waals surface area contributed by atoms with Crippen molar-refractivity contribution < 1.29 is 14.7 Å². The van der Waals surface area contributed by atoms with Gasteiger partial charge in [-0.15, -0.1) is 0 Å². The minimum atomic E-state index is -1.13. The molecule has 1 N–H and O–H groups in total. The number of carboxylic acids is 1. The zero-order valence-corrected chi connectivity index (χ0v) is 9.23. The summed E-state index contributed by atoms with van der Waals surface area (Å²) in [7, 11) is 0. The molecule has 1 aliphatic heterocycles. The van der Waals surface area contributed by atoms with Gasteiger partial charge in [0.05, 0.1) is 10.7 Å². The molecule has 2 heterocycles. The molecule has 1 aromatic carbocycles. The van der Waals surface area contributed by atoms with Gasteiger partial charge in [0.15, 0.2) is 0 Å². The number of hydrogen-bond donors (Lipinski definition) is 1. The molecule has 1 aliphatic rings. The summed E-state index contributed by atoms with van der Waals surface area (Å²) in [6.45, 7) is 0. The Morgan fingerprint density at radius 1 is 1.24 bits per heavy atom. The van der Waals surface area contributed by atoms with Gasteiger partial charge in [-0.05, 0) is 6.07 Å². The summed E-state index contributed by atoms with van der Waals surface area (Å²) in [5, 5.41) is 9.20. The molecule has 0 bridgehead atoms. The van der Waals surface area contributed by atoms with E-state index < -0.39 is 5.97 Å². The van der Waals surface area contributed by atoms with Crippen LogP contribution in [-0.4, -0.2) is 21.6 Å². The van der Waals surface area contributed by atoms with Crippen LogP contribution in [0.25, 0.3) is 11.3 Å². The van der Waals surface area contributed by atoms with Crippen LogP contribution in [0, 0.1) is 0 Å². The second kappa shape index (κ2) is 3.21. The van der Waals surface area contributed by atoms with Crippen molar-refractivity contribution in [2.24, 2.45) is 0 Å². The maximum Gasteiger partial charge on any atom is 0.339 e. The smallest absolute Gasteiger partial charge is 0.339 e. The van der Waals surface area contributed by atoms with Crippen LogP contribution in [0.3, 0.4) is 0 Å². The number of halogens is 1. The molecule has 4 nitrogen and oxygen atoms in total. The third-order valence-electron chi connectivity index (χ3n) is 2.80. The number of aromatic carboxylic acids is 1. The summed E-state index contributed by atoms with van der Waals surface area (Å²) in [5.74, 6) is -1.38. The third kappa shape index (κ3) is 1.18. The van der Waals surface area contributed by atoms with Crippen molar-refractivity contribution in [1.82, 2.24) is 4.57 Å². The minimum absolute atomic E-state index is 0.0232. The lowest BCUT2D eigenvalue weighted by Crippen LogP contribution is -2.04. The van der Waals surface area contributed by atoms with E-state index in [0.717, 1.165) is 0 Å². The van der Waals surface area contributed by atoms with Gasteiger partial charge in [-0.25, -0.2) is 4.79 Å². The van der Waals surface area contributed by atoms with E-state index in [1.165, 1.54) is 10.8 Å². The Bertz CT molecular complexity index is 672. The van der Waals surface area contributed by atoms with Crippen molar-refractivity contribution in [2.75, 3.05) is 0 Å². The zero-order valence-electron chi connectivity index (χ0n) is 8.48. The third-order valence-corrected chi connectivity index (χ3v) is 3.09. The van der Waals surface area contributed by atoms with Crippen LogP contribution < -0.4 is 0 Å². The fraction of sp³-hybridized carbons (Fsp3) is 0. The summed E-state index contributed by atoms with van der Waals surface area (Å²) in [4.78, 5) is 23.1. The van der Waals surface area contributed by atoms with E-state index in [2.05, 4.69) is 0 Å². The molecule has 0 spiro atoms. The van der Waals surface area contributed by atoms with Gasteiger partial charge in [-0.2, -0.15) is 0 Å². The molecule has 2 aromatic rings. The number of aromatic nitrogens is 1. The Hall–Kier alpha value is -2.07. The Balaban J connectivity index is 2.42. The van der Waals surface area contributed by atoms with Gasteiger partial charge in [0.25, 0.3) is 5.91 Å². The van der Waals surface area contributed by atoms with Crippen molar-refractivity contribution in [3.05, 3.63) is 46.6 Å². The maximum absolute atomic E-state index is 12.0. The highest BCUT2D eigenvalue weighted by Crippen LogP contribution is 2.38. The van der Waals surface area contributed by atoms with Crippen LogP contribution in [-0.2, 0) is 0 Å². The summed E-state index contributed by atoms with van der Waals surface area (Å²) < 4.78 is 1.29. The Labute approximate surface area is 101 Å². The molecule has 1 aromatic heterocycles. The number of hydrogen-bond acceptors (Lipinski definition) is 2. The van der Waals surface area contributed by atoms with Gasteiger partial charge in [-0.1, -0.05) is 29.8 Å². The monoisotopic (exact) mass is 247 g/mol. The van der Waals surface area contributed by atoms with Gasteiger partial charge < -0.3 is 5.11 Å². The Morgan fingerprint density at radius 3 is 2.53 bits per heavy atom. The van der Waals surface area contributed by atoms with Gasteiger partial charge >= 0.3 is 5.97 Å². The molecule has 0 saturated carbocycles. The summed E-state index contributed by atoms with van der Waals surface area (Å²) >= 11 is 5.84. The first-order valence-electron chi connectivity index (χ1n) is 4.89. The number of benzene rings is 1. The summed E-state index contributed by atoms with van der Waals surface area (Å²) in [5.41, 5.74) is 1.46. The van der Waals surface area contributed by atoms with Gasteiger partial charge in [0.1, 0.15) is 5.56 Å². The number of carbonyl (C=O) groups is 2. The first-order chi connectivity index (χ1) is 8.11. The average molecular weight is 248 g/mol. The maximum atomic E-state index is 12.0. The van der Waals surface area contributed by atoms with E-state index in [0.29, 0.717) is 16.8 Å². The van der Waals surface area contributed by atoms with Crippen LogP contribution >= 0.6 is 11.6 Å². The van der Waals surface area contributed by atoms with E-state index in [4.69, 9.17) is 16.7 Å². The second-order valence-electron chi connectivity index (χ2n) is 3.73. The highest BCUT2D eigenvalue weighted by atomic mass is 35.5. The predicted octanol–water partition coefficient (Wildman–Crippen LogP) is 2.51. The highest BCUT2D eigenvalue weighted by Gasteiger charge is 2.32. The summed E-state index contributed by atoms with van der Waals surface area (Å²) in [6, 6.07) is 6.89. The SMILES string of the molecule is O=C(O)c1c(Cl)cn2c1-c1ccccc1C2=O. The van der Waals surface area contributed by atoms with Gasteiger partial charge in [0, 0.05) is 17.3 Å². The van der Waals surface area contributed by atoms with Gasteiger partial charge in [-0.3, -0.25) is 9.36 Å². The molecule has 3 rings (SSSR count). The number of nitrogens with zero attached hydrogens (tertiary/aromatic N) is 1. The molecule has 0 fully saturated rings. The van der Waals surface area contributed by atoms with Crippen molar-refractivity contribution in [3.63, 3.8) is 0 Å². The van der Waals surface area contributed by atoms with Crippen molar-refractivity contribution in [3.8, 4) is 11.3 Å². The molecule has 0 atom stereocenters. The van der Waals surface area contributed by atoms with E-state index in [1.54, 1.807) is 24.3 Å². The quantitative estimate of drug-likeness (QED) is 0.719. The first-order valence-corrected chi connectivity index (χ1v) is 5.27. The number of fused-ring (bicyclic) bond motifs is 3. The molecule has 0 amide bonds. The van der Waals surface area contributed by atoms with Crippen molar-refractivity contribution in [2.45, 2.75) is 0 Å². The normalized spacial score (nSPS) is 12.4. The molecule has 5 heteroatoms. The van der Waals surface area contributed by atoms with Gasteiger partial charge in [0.2, 0.25) is 0 Å². The molecule has 17 heavy (non-hydrogen) atoms. The fourth-order valence-electron chi connectivity index (χ4n) is 2.11. The van der Waals surface area contributed by atoms with Crippen molar-refractivity contribution in [1.29, 1.82) is 0 Å². The molecule has 0 radical (unpaired) electrons. The number of carbonyl (C=O) groups excluding carboxylic acids is 1. The average Bonchev–Trinajstić information content (AvgIpc) is 2.76. The number of rotatable bonds is 1. The minimum Gasteiger partial charge on any atom is -0.478 e. The molecular weight excluding hydrogens is 242 g/mol. The molecular formula is C12H6ClNO3. The summed E-state index contributed by atoms with van der Waals surface area (Å²) in [6.07, 6.45) is 1.35. The molecule has 84 valence electrons. The van der Waals surface area contributed by atoms with Crippen LogP contribution in [0.4, 0.5) is 0 Å². The molecule has 0 aliphatic carbocycles. The fourth-order valence-corrected chi connectivity index (χ4v) is 2.38. The lowest BCUT2D eigenvalue weighted by atomic mass is 10.0. The lowest BCUT2D eigenvalue weighted by Gasteiger charge is -1.98.